The molecule has 2 aromatic heterocycles. The van der Waals surface area contributed by atoms with Gasteiger partial charge < -0.3 is 66.8 Å². The highest BCUT2D eigenvalue weighted by molar-refractivity contribution is 6.13. The normalized spacial score (nSPS) is 21.4. The maximum Gasteiger partial charge on any atom is 0.408 e. The van der Waals surface area contributed by atoms with Crippen LogP contribution in [0.15, 0.2) is 49.1 Å². The van der Waals surface area contributed by atoms with Gasteiger partial charge in [0.1, 0.15) is 54.9 Å². The number of alkyl carbamates (subject to hydrolysis) is 1. The molecule has 8 atom stereocenters. The van der Waals surface area contributed by atoms with E-state index >= 15 is 0 Å². The summed E-state index contributed by atoms with van der Waals surface area (Å²) in [6.07, 6.45) is -2.41. The van der Waals surface area contributed by atoms with Gasteiger partial charge in [-0.3, -0.25) is 33.7 Å². The van der Waals surface area contributed by atoms with Crippen molar-refractivity contribution < 1.29 is 63.5 Å². The van der Waals surface area contributed by atoms with Gasteiger partial charge in [-0.2, -0.15) is 0 Å². The predicted octanol–water partition coefficient (Wildman–Crippen LogP) is -3.12. The van der Waals surface area contributed by atoms with Crippen LogP contribution in [0.2, 0.25) is 0 Å². The van der Waals surface area contributed by atoms with Gasteiger partial charge in [0.05, 0.1) is 25.6 Å². The average Bonchev–Trinajstić information content (AvgIpc) is 3.85. The molecule has 1 aromatic carbocycles. The Labute approximate surface area is 346 Å². The molecule has 2 aliphatic heterocycles. The Balaban J connectivity index is 1.05. The third-order valence-corrected chi connectivity index (χ3v) is 9.60. The van der Waals surface area contributed by atoms with Crippen molar-refractivity contribution in [3.63, 3.8) is 0 Å². The monoisotopic (exact) mass is 853 g/mol. The minimum Gasteiger partial charge on any atom is -0.445 e. The molecule has 7 amide bonds. The smallest absolute Gasteiger partial charge is 0.408 e. The number of nitrogens with zero attached hydrogens (tertiary/aromatic N) is 4. The zero-order chi connectivity index (χ0) is 44.4. The molecule has 2 aliphatic rings. The summed E-state index contributed by atoms with van der Waals surface area (Å²) in [6.45, 7) is 2.78. The van der Waals surface area contributed by atoms with E-state index in [-0.39, 0.29) is 31.3 Å². The molecule has 0 aliphatic carbocycles. The maximum absolute atomic E-state index is 13.1. The molecule has 3 aromatic rings. The van der Waals surface area contributed by atoms with Gasteiger partial charge in [-0.1, -0.05) is 26.0 Å². The lowest BCUT2D eigenvalue weighted by Crippen LogP contribution is -2.67. The number of H-pyrrole nitrogens is 1. The van der Waals surface area contributed by atoms with Gasteiger partial charge in [-0.15, -0.1) is 0 Å². The van der Waals surface area contributed by atoms with Crippen LogP contribution in [0, 0.1) is 5.92 Å². The highest BCUT2D eigenvalue weighted by Gasteiger charge is 2.46. The van der Waals surface area contributed by atoms with Crippen molar-refractivity contribution >= 4 is 64.2 Å². The standard InChI is InChI=1S/C37H47N11O13/c1-17(2)26(45-23(51)10-11-48-24(52)8-9-25(48)53)35(58)42-18(3)33(56)43-20-6-4-19(5-7-20)14-60-37(59)44-21(12-49)34(57)46-27-22(13-50)61-36(30(55)29(27)54)47-32-28-31(39-15-38-28)40-16-41-32/h4-9,15-18,21-22,26-27,29-30,36,49-50,54-55H,10-14H2,1-3H3,(H,42,58)(H,43,56)(H,44,59)(H,45,51)(H,46,57)(H2,38,39,40,41,47)/t18-,21+,22-,26-,27-,29+,30-,36-/m0/s1. The first-order valence-electron chi connectivity index (χ1n) is 19.0. The number of aliphatic hydroxyl groups is 4. The van der Waals surface area contributed by atoms with Gasteiger partial charge >= 0.3 is 6.09 Å². The summed E-state index contributed by atoms with van der Waals surface area (Å²) in [4.78, 5) is 103. The zero-order valence-electron chi connectivity index (χ0n) is 33.1. The Bertz CT molecular complexity index is 2090. The number of benzene rings is 1. The molecular weight excluding hydrogens is 806 g/mol. The molecule has 24 nitrogen and oxygen atoms in total. The van der Waals surface area contributed by atoms with E-state index in [1.165, 1.54) is 43.8 Å². The number of carbonyl (C=O) groups is 7. The number of hydrogen-bond acceptors (Lipinski definition) is 17. The van der Waals surface area contributed by atoms with Crippen LogP contribution < -0.4 is 31.9 Å². The van der Waals surface area contributed by atoms with Crippen molar-refractivity contribution in [3.8, 4) is 0 Å². The number of aliphatic hydroxyl groups excluding tert-OH is 4. The second-order valence-electron chi connectivity index (χ2n) is 14.3. The quantitative estimate of drug-likeness (QED) is 0.0564. The summed E-state index contributed by atoms with van der Waals surface area (Å²) < 4.78 is 10.9. The Morgan fingerprint density at radius 3 is 2.26 bits per heavy atom. The number of aromatic nitrogens is 4. The van der Waals surface area contributed by atoms with Crippen molar-refractivity contribution in [1.29, 1.82) is 0 Å². The van der Waals surface area contributed by atoms with E-state index in [0.29, 0.717) is 22.4 Å². The van der Waals surface area contributed by atoms with Gasteiger partial charge in [0.25, 0.3) is 11.8 Å². The Kier molecular flexibility index (Phi) is 15.3. The highest BCUT2D eigenvalue weighted by Crippen LogP contribution is 2.25. The first kappa shape index (κ1) is 45.5. The molecule has 0 unspecified atom stereocenters. The third-order valence-electron chi connectivity index (χ3n) is 9.60. The van der Waals surface area contributed by atoms with Crippen molar-refractivity contribution in [3.05, 3.63) is 54.6 Å². The molecule has 328 valence electrons. The van der Waals surface area contributed by atoms with Crippen molar-refractivity contribution in [1.82, 2.24) is 46.1 Å². The average molecular weight is 854 g/mol. The van der Waals surface area contributed by atoms with E-state index in [1.54, 1.807) is 13.8 Å². The van der Waals surface area contributed by atoms with Crippen LogP contribution in [0.3, 0.4) is 0 Å². The fourth-order valence-electron chi connectivity index (χ4n) is 6.17. The van der Waals surface area contributed by atoms with Crippen LogP contribution in [0.1, 0.15) is 32.8 Å². The fraction of sp³-hybridized carbons (Fsp3) is 0.459. The molecule has 4 heterocycles. The second-order valence-corrected chi connectivity index (χ2v) is 14.3. The Hall–Kier alpha value is -6.60. The van der Waals surface area contributed by atoms with Gasteiger partial charge in [0.2, 0.25) is 23.6 Å². The summed E-state index contributed by atoms with van der Waals surface area (Å²) in [5, 5.41) is 56.8. The number of rotatable bonds is 18. The van der Waals surface area contributed by atoms with Gasteiger partial charge in [0.15, 0.2) is 17.7 Å². The first-order valence-corrected chi connectivity index (χ1v) is 19.0. The molecule has 0 radical (unpaired) electrons. The highest BCUT2D eigenvalue weighted by atomic mass is 16.6. The minimum atomic E-state index is -1.69. The number of imide groups is 1. The number of imidazole rings is 1. The summed E-state index contributed by atoms with van der Waals surface area (Å²) in [5.41, 5.74) is 1.50. The minimum absolute atomic E-state index is 0.156. The summed E-state index contributed by atoms with van der Waals surface area (Å²) in [7, 11) is 0. The number of fused-ring (bicyclic) bond motifs is 1. The molecule has 1 saturated heterocycles. The summed E-state index contributed by atoms with van der Waals surface area (Å²) >= 11 is 0. The molecule has 0 saturated carbocycles. The number of aromatic amines is 1. The lowest BCUT2D eigenvalue weighted by Gasteiger charge is -2.43. The number of hydrogen-bond donors (Lipinski definition) is 11. The number of anilines is 2. The van der Waals surface area contributed by atoms with E-state index in [1.807, 2.05) is 0 Å². The van der Waals surface area contributed by atoms with Crippen LogP contribution in [-0.2, 0) is 44.8 Å². The van der Waals surface area contributed by atoms with Gasteiger partial charge in [-0.25, -0.2) is 19.7 Å². The lowest BCUT2D eigenvalue weighted by atomic mass is 9.95. The van der Waals surface area contributed by atoms with E-state index < -0.39 is 103 Å². The first-order chi connectivity index (χ1) is 29.1. The van der Waals surface area contributed by atoms with Crippen molar-refractivity contribution in [2.45, 2.75) is 82.5 Å². The van der Waals surface area contributed by atoms with Crippen LogP contribution in [0.5, 0.6) is 0 Å². The van der Waals surface area contributed by atoms with Gasteiger partial charge in [-0.05, 0) is 30.5 Å². The number of ether oxygens (including phenoxy) is 2. The summed E-state index contributed by atoms with van der Waals surface area (Å²) in [6, 6.07) is 1.06. The predicted molar refractivity (Wildman–Crippen MR) is 209 cm³/mol. The van der Waals surface area contributed by atoms with Gasteiger partial charge in [0, 0.05) is 30.8 Å². The topological polar surface area (TPSA) is 349 Å². The van der Waals surface area contributed by atoms with E-state index in [4.69, 9.17) is 9.47 Å². The van der Waals surface area contributed by atoms with E-state index in [9.17, 15) is 54.0 Å². The fourth-order valence-corrected chi connectivity index (χ4v) is 6.17. The maximum atomic E-state index is 13.1. The Morgan fingerprint density at radius 2 is 1.61 bits per heavy atom. The molecule has 61 heavy (non-hydrogen) atoms. The zero-order valence-corrected chi connectivity index (χ0v) is 33.1. The number of amides is 7. The molecule has 0 bridgehead atoms. The molecular formula is C37H47N11O13. The SMILES string of the molecule is CC(C)[C@H](NC(=O)CCN1C(=O)C=CC1=O)C(=O)N[C@@H](C)C(=O)Nc1ccc(COC(=O)N[C@H](CO)C(=O)N[C@@H]2[C@@H](O)[C@H](O)[C@@H](Nc3ncnc4nc[nH]c34)O[C@H]2CO)cc1. The molecule has 24 heteroatoms. The van der Waals surface area contributed by atoms with Crippen molar-refractivity contribution in [2.75, 3.05) is 30.4 Å². The lowest BCUT2D eigenvalue weighted by molar-refractivity contribution is -0.185. The molecule has 1 fully saturated rings. The Morgan fingerprint density at radius 1 is 0.902 bits per heavy atom. The van der Waals surface area contributed by atoms with Crippen LogP contribution in [0.25, 0.3) is 11.2 Å². The molecule has 5 rings (SSSR count). The van der Waals surface area contributed by atoms with Crippen LogP contribution in [-0.4, -0.2) is 155 Å². The number of nitrogens with one attached hydrogen (secondary N) is 7. The summed E-state index contributed by atoms with van der Waals surface area (Å²) in [5.74, 6) is -4.01. The van der Waals surface area contributed by atoms with E-state index in [2.05, 4.69) is 51.8 Å². The molecule has 11 N–H and O–H groups in total. The second kappa shape index (κ2) is 20.6. The van der Waals surface area contributed by atoms with Crippen LogP contribution >= 0.6 is 0 Å². The van der Waals surface area contributed by atoms with Crippen molar-refractivity contribution in [2.24, 2.45) is 5.92 Å². The molecule has 0 spiro atoms. The van der Waals surface area contributed by atoms with E-state index in [0.717, 1.165) is 17.1 Å². The van der Waals surface area contributed by atoms with Crippen LogP contribution in [0.4, 0.5) is 16.3 Å². The number of carbonyl (C=O) groups excluding carboxylic acids is 7. The largest absolute Gasteiger partial charge is 0.445 e. The third kappa shape index (κ3) is 11.6.